The highest BCUT2D eigenvalue weighted by molar-refractivity contribution is 5.85. The second kappa shape index (κ2) is 8.83. The number of carbonyl (C=O) groups excluding carboxylic acids is 1. The largest absolute Gasteiger partial charge is 0.381 e. The number of amides is 1. The Hall–Kier alpha value is -1.11. The summed E-state index contributed by atoms with van der Waals surface area (Å²) in [5.74, 6) is 0.702. The van der Waals surface area contributed by atoms with Gasteiger partial charge in [-0.1, -0.05) is 0 Å². The number of nitrogens with one attached hydrogen (secondary N) is 1. The SMILES string of the molecule is CCOCC1CCCN(C(=O)C2(n3cccn3)CCNCC2)C1.Cl. The van der Waals surface area contributed by atoms with E-state index >= 15 is 0 Å². The highest BCUT2D eigenvalue weighted by Gasteiger charge is 2.45. The molecule has 0 bridgehead atoms. The maximum absolute atomic E-state index is 13.4. The summed E-state index contributed by atoms with van der Waals surface area (Å²) in [6.45, 7) is 6.92. The molecule has 3 rings (SSSR count). The Morgan fingerprint density at radius 3 is 2.88 bits per heavy atom. The molecular weight excluding hydrogens is 328 g/mol. The molecule has 2 fully saturated rings. The maximum atomic E-state index is 13.4. The Kier molecular flexibility index (Phi) is 7.07. The number of rotatable bonds is 5. The lowest BCUT2D eigenvalue weighted by molar-refractivity contribution is -0.145. The lowest BCUT2D eigenvalue weighted by Gasteiger charge is -2.42. The van der Waals surface area contributed by atoms with E-state index in [0.717, 1.165) is 65.1 Å². The number of hydrogen-bond acceptors (Lipinski definition) is 4. The van der Waals surface area contributed by atoms with Gasteiger partial charge in [-0.3, -0.25) is 9.48 Å². The monoisotopic (exact) mass is 356 g/mol. The molecule has 0 aliphatic carbocycles. The van der Waals surface area contributed by atoms with Crippen molar-refractivity contribution in [1.29, 1.82) is 0 Å². The van der Waals surface area contributed by atoms with Crippen molar-refractivity contribution in [3.8, 4) is 0 Å². The number of piperidine rings is 2. The van der Waals surface area contributed by atoms with E-state index in [4.69, 9.17) is 4.74 Å². The van der Waals surface area contributed by atoms with Gasteiger partial charge in [-0.15, -0.1) is 12.4 Å². The molecule has 1 aromatic heterocycles. The van der Waals surface area contributed by atoms with Crippen molar-refractivity contribution in [1.82, 2.24) is 20.0 Å². The molecule has 0 aromatic carbocycles. The Balaban J connectivity index is 0.00000208. The van der Waals surface area contributed by atoms with Crippen LogP contribution in [0.25, 0.3) is 0 Å². The molecule has 1 atom stereocenters. The van der Waals surface area contributed by atoms with Gasteiger partial charge in [0.1, 0.15) is 5.54 Å². The van der Waals surface area contributed by atoms with Crippen molar-refractivity contribution in [3.05, 3.63) is 18.5 Å². The van der Waals surface area contributed by atoms with Crippen molar-refractivity contribution in [2.24, 2.45) is 5.92 Å². The summed E-state index contributed by atoms with van der Waals surface area (Å²) in [4.78, 5) is 15.4. The predicted molar refractivity (Wildman–Crippen MR) is 95.3 cm³/mol. The maximum Gasteiger partial charge on any atom is 0.250 e. The highest BCUT2D eigenvalue weighted by Crippen LogP contribution is 2.31. The van der Waals surface area contributed by atoms with Crippen LogP contribution in [-0.2, 0) is 15.1 Å². The van der Waals surface area contributed by atoms with Crippen LogP contribution >= 0.6 is 12.4 Å². The molecule has 0 radical (unpaired) electrons. The van der Waals surface area contributed by atoms with E-state index in [2.05, 4.69) is 15.3 Å². The third kappa shape index (κ3) is 3.92. The van der Waals surface area contributed by atoms with Crippen molar-refractivity contribution in [2.75, 3.05) is 39.4 Å². The summed E-state index contributed by atoms with van der Waals surface area (Å²) < 4.78 is 7.47. The van der Waals surface area contributed by atoms with Gasteiger partial charge in [0.05, 0.1) is 6.61 Å². The molecule has 2 aliphatic rings. The number of ether oxygens (including phenoxy) is 1. The summed E-state index contributed by atoms with van der Waals surface area (Å²) in [7, 11) is 0. The second-order valence-electron chi connectivity index (χ2n) is 6.65. The first-order chi connectivity index (χ1) is 11.3. The van der Waals surface area contributed by atoms with E-state index in [1.807, 2.05) is 23.9 Å². The summed E-state index contributed by atoms with van der Waals surface area (Å²) in [6, 6.07) is 1.91. The van der Waals surface area contributed by atoms with Gasteiger partial charge in [-0.2, -0.15) is 5.10 Å². The Labute approximate surface area is 150 Å². The molecule has 136 valence electrons. The van der Waals surface area contributed by atoms with E-state index in [1.165, 1.54) is 0 Å². The van der Waals surface area contributed by atoms with Gasteiger partial charge in [-0.05, 0) is 57.7 Å². The number of halogens is 1. The van der Waals surface area contributed by atoms with Gasteiger partial charge < -0.3 is 15.0 Å². The molecule has 1 amide bonds. The summed E-state index contributed by atoms with van der Waals surface area (Å²) in [5, 5.41) is 7.78. The fraction of sp³-hybridized carbons (Fsp3) is 0.765. The summed E-state index contributed by atoms with van der Waals surface area (Å²) in [5.41, 5.74) is -0.512. The van der Waals surface area contributed by atoms with Gasteiger partial charge >= 0.3 is 0 Å². The van der Waals surface area contributed by atoms with Gasteiger partial charge in [-0.25, -0.2) is 0 Å². The predicted octanol–water partition coefficient (Wildman–Crippen LogP) is 1.66. The highest BCUT2D eigenvalue weighted by atomic mass is 35.5. The van der Waals surface area contributed by atoms with Crippen molar-refractivity contribution < 1.29 is 9.53 Å². The lowest BCUT2D eigenvalue weighted by Crippen LogP contribution is -2.57. The number of likely N-dealkylation sites (tertiary alicyclic amines) is 1. The first-order valence-corrected chi connectivity index (χ1v) is 8.84. The Morgan fingerprint density at radius 2 is 2.21 bits per heavy atom. The zero-order valence-corrected chi connectivity index (χ0v) is 15.3. The van der Waals surface area contributed by atoms with Gasteiger partial charge in [0.25, 0.3) is 5.91 Å². The molecule has 7 heteroatoms. The third-order valence-corrected chi connectivity index (χ3v) is 5.14. The van der Waals surface area contributed by atoms with Crippen molar-refractivity contribution >= 4 is 18.3 Å². The second-order valence-corrected chi connectivity index (χ2v) is 6.65. The molecule has 2 saturated heterocycles. The van der Waals surface area contributed by atoms with Crippen LogP contribution in [0.5, 0.6) is 0 Å². The number of nitrogens with zero attached hydrogens (tertiary/aromatic N) is 3. The fourth-order valence-electron chi connectivity index (χ4n) is 3.87. The van der Waals surface area contributed by atoms with Crippen LogP contribution in [0.15, 0.2) is 18.5 Å². The summed E-state index contributed by atoms with van der Waals surface area (Å²) >= 11 is 0. The van der Waals surface area contributed by atoms with Crippen LogP contribution in [-0.4, -0.2) is 60.0 Å². The molecule has 6 nitrogen and oxygen atoms in total. The number of carbonyl (C=O) groups is 1. The van der Waals surface area contributed by atoms with E-state index in [-0.39, 0.29) is 18.3 Å². The third-order valence-electron chi connectivity index (χ3n) is 5.14. The van der Waals surface area contributed by atoms with E-state index in [0.29, 0.717) is 5.92 Å². The van der Waals surface area contributed by atoms with Crippen LogP contribution in [0.1, 0.15) is 32.6 Å². The van der Waals surface area contributed by atoms with E-state index in [9.17, 15) is 4.79 Å². The van der Waals surface area contributed by atoms with Gasteiger partial charge in [0, 0.05) is 32.1 Å². The molecule has 1 unspecified atom stereocenters. The molecule has 0 spiro atoms. The smallest absolute Gasteiger partial charge is 0.250 e. The zero-order chi connectivity index (χ0) is 16.1. The van der Waals surface area contributed by atoms with E-state index in [1.54, 1.807) is 6.20 Å². The molecule has 24 heavy (non-hydrogen) atoms. The number of aromatic nitrogens is 2. The number of hydrogen-bond donors (Lipinski definition) is 1. The van der Waals surface area contributed by atoms with E-state index < -0.39 is 5.54 Å². The van der Waals surface area contributed by atoms with Crippen LogP contribution in [0.2, 0.25) is 0 Å². The Bertz CT molecular complexity index is 503. The fourth-order valence-corrected chi connectivity index (χ4v) is 3.87. The quantitative estimate of drug-likeness (QED) is 0.871. The molecule has 0 saturated carbocycles. The minimum Gasteiger partial charge on any atom is -0.381 e. The molecule has 2 aliphatic heterocycles. The topological polar surface area (TPSA) is 59.4 Å². The first kappa shape index (κ1) is 19.2. The van der Waals surface area contributed by atoms with Crippen LogP contribution in [0.3, 0.4) is 0 Å². The molecular formula is C17H29ClN4O2. The minimum absolute atomic E-state index is 0. The van der Waals surface area contributed by atoms with Gasteiger partial charge in [0.2, 0.25) is 0 Å². The van der Waals surface area contributed by atoms with Crippen molar-refractivity contribution in [3.63, 3.8) is 0 Å². The van der Waals surface area contributed by atoms with Crippen LogP contribution in [0, 0.1) is 5.92 Å². The first-order valence-electron chi connectivity index (χ1n) is 8.84. The molecule has 1 N–H and O–H groups in total. The minimum atomic E-state index is -0.512. The molecule has 1 aromatic rings. The van der Waals surface area contributed by atoms with Crippen LogP contribution < -0.4 is 5.32 Å². The standard InChI is InChI=1S/C17H28N4O2.ClH/c1-2-23-14-15-5-3-11-20(13-15)16(22)17(6-9-18-10-7-17)21-12-4-8-19-21;/h4,8,12,15,18H,2-3,5-7,9-11,13-14H2,1H3;1H. The normalized spacial score (nSPS) is 23.5. The lowest BCUT2D eigenvalue weighted by atomic mass is 9.85. The zero-order valence-electron chi connectivity index (χ0n) is 14.4. The van der Waals surface area contributed by atoms with Crippen LogP contribution in [0.4, 0.5) is 0 Å². The van der Waals surface area contributed by atoms with Gasteiger partial charge in [0.15, 0.2) is 0 Å². The van der Waals surface area contributed by atoms with Crippen molar-refractivity contribution in [2.45, 2.75) is 38.1 Å². The average molecular weight is 357 g/mol. The molecule has 3 heterocycles. The average Bonchev–Trinajstić information content (AvgIpc) is 3.15. The summed E-state index contributed by atoms with van der Waals surface area (Å²) in [6.07, 6.45) is 7.54. The Morgan fingerprint density at radius 1 is 1.42 bits per heavy atom.